The van der Waals surface area contributed by atoms with Gasteiger partial charge in [0.1, 0.15) is 0 Å². The van der Waals surface area contributed by atoms with Crippen molar-refractivity contribution in [3.8, 4) is 6.07 Å². The van der Waals surface area contributed by atoms with Crippen molar-refractivity contribution in [3.63, 3.8) is 0 Å². The summed E-state index contributed by atoms with van der Waals surface area (Å²) in [6, 6.07) is 18.7. The molecule has 3 rings (SSSR count). The molecule has 0 N–H and O–H groups in total. The van der Waals surface area contributed by atoms with Crippen LogP contribution in [0.2, 0.25) is 0 Å². The Morgan fingerprint density at radius 2 is 1.43 bits per heavy atom. The summed E-state index contributed by atoms with van der Waals surface area (Å²) in [4.78, 5) is 4.66. The minimum Gasteiger partial charge on any atom is -0.261 e. The molecule has 30 heavy (non-hydrogen) atoms. The summed E-state index contributed by atoms with van der Waals surface area (Å²) in [7, 11) is 0. The Bertz CT molecular complexity index is 991. The fourth-order valence-electron chi connectivity index (χ4n) is 3.53. The first-order valence-corrected chi connectivity index (χ1v) is 10.7. The van der Waals surface area contributed by atoms with E-state index in [9.17, 15) is 0 Å². The highest BCUT2D eigenvalue weighted by atomic mass is 14.7. The van der Waals surface area contributed by atoms with Gasteiger partial charge in [-0.15, -0.1) is 0 Å². The minimum absolute atomic E-state index is 0.700. The molecular weight excluding hydrogens is 364 g/mol. The highest BCUT2D eigenvalue weighted by Crippen LogP contribution is 2.22. The van der Waals surface area contributed by atoms with Gasteiger partial charge in [-0.3, -0.25) is 4.98 Å². The topological polar surface area (TPSA) is 36.7 Å². The Morgan fingerprint density at radius 1 is 0.867 bits per heavy atom. The smallest absolute Gasteiger partial charge is 0.0991 e. The van der Waals surface area contributed by atoms with Crippen LogP contribution < -0.4 is 0 Å². The summed E-state index contributed by atoms with van der Waals surface area (Å²) in [5, 5.41) is 8.94. The zero-order valence-electron chi connectivity index (χ0n) is 18.7. The van der Waals surface area contributed by atoms with Gasteiger partial charge in [-0.2, -0.15) is 5.26 Å². The number of aryl methyl sites for hydroxylation is 5. The van der Waals surface area contributed by atoms with E-state index in [1.165, 1.54) is 33.4 Å². The molecule has 0 aliphatic rings. The van der Waals surface area contributed by atoms with Crippen molar-refractivity contribution in [2.24, 2.45) is 0 Å². The molecule has 0 saturated heterocycles. The molecule has 0 radical (unpaired) electrons. The Balaban J connectivity index is 0.00000155. The Hall–Kier alpha value is -3.18. The van der Waals surface area contributed by atoms with E-state index in [2.05, 4.69) is 55.7 Å². The second-order valence-corrected chi connectivity index (χ2v) is 7.26. The van der Waals surface area contributed by atoms with Gasteiger partial charge in [0.25, 0.3) is 0 Å². The van der Waals surface area contributed by atoms with Gasteiger partial charge in [-0.05, 0) is 79.5 Å². The van der Waals surface area contributed by atoms with E-state index in [4.69, 9.17) is 5.26 Å². The van der Waals surface area contributed by atoms with Gasteiger partial charge in [0.15, 0.2) is 0 Å². The standard InChI is InChI=1S/C26H26N2.C2H6/c1-4-25-24(15-13-22-9-11-23(17-27)12-10-22)18-28-20(3)26(25)16-14-21-7-5-19(2)6-8-21;1-2/h4-12,18H,1,13-16H2,2-3H3;1-2H3. The van der Waals surface area contributed by atoms with Crippen molar-refractivity contribution < 1.29 is 0 Å². The minimum atomic E-state index is 0.700. The summed E-state index contributed by atoms with van der Waals surface area (Å²) < 4.78 is 0. The van der Waals surface area contributed by atoms with Crippen molar-refractivity contribution in [2.45, 2.75) is 53.4 Å². The molecule has 1 aromatic heterocycles. The van der Waals surface area contributed by atoms with Crippen molar-refractivity contribution >= 4 is 6.08 Å². The van der Waals surface area contributed by atoms with E-state index in [1.54, 1.807) is 0 Å². The van der Waals surface area contributed by atoms with Crippen LogP contribution in [0.5, 0.6) is 0 Å². The summed E-state index contributed by atoms with van der Waals surface area (Å²) in [5.41, 5.74) is 9.43. The van der Waals surface area contributed by atoms with Crippen molar-refractivity contribution in [1.82, 2.24) is 4.98 Å². The lowest BCUT2D eigenvalue weighted by molar-refractivity contribution is 0.892. The van der Waals surface area contributed by atoms with Crippen LogP contribution in [-0.4, -0.2) is 4.98 Å². The Morgan fingerprint density at radius 3 is 2.00 bits per heavy atom. The van der Waals surface area contributed by atoms with E-state index in [-0.39, 0.29) is 0 Å². The molecule has 0 aliphatic heterocycles. The highest BCUT2D eigenvalue weighted by molar-refractivity contribution is 5.57. The lowest BCUT2D eigenvalue weighted by atomic mass is 9.93. The lowest BCUT2D eigenvalue weighted by Gasteiger charge is -2.14. The molecule has 0 saturated carbocycles. The Kier molecular flexibility index (Phi) is 9.03. The summed E-state index contributed by atoms with van der Waals surface area (Å²) in [6.45, 7) is 12.3. The average molecular weight is 397 g/mol. The van der Waals surface area contributed by atoms with Crippen LogP contribution >= 0.6 is 0 Å². The van der Waals surface area contributed by atoms with Crippen LogP contribution in [0.1, 0.15) is 58.5 Å². The number of pyridine rings is 1. The van der Waals surface area contributed by atoms with Gasteiger partial charge in [0, 0.05) is 11.9 Å². The van der Waals surface area contributed by atoms with Gasteiger partial charge in [-0.25, -0.2) is 0 Å². The van der Waals surface area contributed by atoms with Crippen molar-refractivity contribution in [3.05, 3.63) is 106 Å². The van der Waals surface area contributed by atoms with Gasteiger partial charge < -0.3 is 0 Å². The normalized spacial score (nSPS) is 9.97. The molecule has 2 aromatic carbocycles. The third kappa shape index (κ3) is 6.16. The SMILES string of the molecule is C=Cc1c(CCc2ccc(C#N)cc2)cnc(C)c1CCc1ccc(C)cc1.CC. The largest absolute Gasteiger partial charge is 0.261 e. The molecule has 2 heteroatoms. The van der Waals surface area contributed by atoms with Crippen LogP contribution in [-0.2, 0) is 25.7 Å². The molecule has 0 bridgehead atoms. The number of hydrogen-bond donors (Lipinski definition) is 0. The predicted molar refractivity (Wildman–Crippen MR) is 128 cm³/mol. The number of rotatable bonds is 7. The molecule has 0 unspecified atom stereocenters. The third-order valence-corrected chi connectivity index (χ3v) is 5.28. The summed E-state index contributed by atoms with van der Waals surface area (Å²) in [6.07, 6.45) is 7.78. The number of hydrogen-bond acceptors (Lipinski definition) is 2. The van der Waals surface area contributed by atoms with Gasteiger partial charge in [-0.1, -0.05) is 68.5 Å². The zero-order chi connectivity index (χ0) is 21.9. The van der Waals surface area contributed by atoms with Crippen molar-refractivity contribution in [2.75, 3.05) is 0 Å². The van der Waals surface area contributed by atoms with E-state index in [0.717, 1.165) is 31.4 Å². The predicted octanol–water partition coefficient (Wildman–Crippen LogP) is 6.81. The van der Waals surface area contributed by atoms with E-state index >= 15 is 0 Å². The fourth-order valence-corrected chi connectivity index (χ4v) is 3.53. The monoisotopic (exact) mass is 396 g/mol. The van der Waals surface area contributed by atoms with Crippen LogP contribution in [0.3, 0.4) is 0 Å². The maximum absolute atomic E-state index is 8.94. The van der Waals surface area contributed by atoms with Crippen LogP contribution in [0.15, 0.2) is 61.3 Å². The molecule has 154 valence electrons. The molecule has 0 fully saturated rings. The molecule has 0 amide bonds. The van der Waals surface area contributed by atoms with Gasteiger partial charge in [0.2, 0.25) is 0 Å². The van der Waals surface area contributed by atoms with E-state index in [1.807, 2.05) is 50.4 Å². The molecule has 2 nitrogen and oxygen atoms in total. The Labute approximate surface area is 181 Å². The van der Waals surface area contributed by atoms with Crippen molar-refractivity contribution in [1.29, 1.82) is 5.26 Å². The van der Waals surface area contributed by atoms with Crippen LogP contribution in [0, 0.1) is 25.2 Å². The molecule has 1 heterocycles. The first kappa shape index (κ1) is 23.1. The third-order valence-electron chi connectivity index (χ3n) is 5.28. The van der Waals surface area contributed by atoms with E-state index in [0.29, 0.717) is 5.56 Å². The molecule has 0 spiro atoms. The quantitative estimate of drug-likeness (QED) is 0.440. The molecule has 0 aliphatic carbocycles. The number of nitriles is 1. The maximum atomic E-state index is 8.94. The molecule has 3 aromatic rings. The van der Waals surface area contributed by atoms with Crippen LogP contribution in [0.25, 0.3) is 6.08 Å². The van der Waals surface area contributed by atoms with Crippen LogP contribution in [0.4, 0.5) is 0 Å². The highest BCUT2D eigenvalue weighted by Gasteiger charge is 2.11. The number of nitrogens with zero attached hydrogens (tertiary/aromatic N) is 2. The zero-order valence-corrected chi connectivity index (χ0v) is 18.7. The molecule has 0 atom stereocenters. The second-order valence-electron chi connectivity index (χ2n) is 7.26. The average Bonchev–Trinajstić information content (AvgIpc) is 2.80. The van der Waals surface area contributed by atoms with Gasteiger partial charge in [0.05, 0.1) is 11.6 Å². The first-order chi connectivity index (χ1) is 14.6. The summed E-state index contributed by atoms with van der Waals surface area (Å²) >= 11 is 0. The second kappa shape index (κ2) is 11.7. The first-order valence-electron chi connectivity index (χ1n) is 10.7. The molecular formula is C28H32N2. The lowest BCUT2D eigenvalue weighted by Crippen LogP contribution is -2.05. The van der Waals surface area contributed by atoms with E-state index < -0.39 is 0 Å². The number of aromatic nitrogens is 1. The maximum Gasteiger partial charge on any atom is 0.0991 e. The van der Waals surface area contributed by atoms with Gasteiger partial charge >= 0.3 is 0 Å². The fraction of sp³-hybridized carbons (Fsp3) is 0.286. The number of benzene rings is 2. The summed E-state index contributed by atoms with van der Waals surface area (Å²) in [5.74, 6) is 0.